The van der Waals surface area contributed by atoms with Crippen LogP contribution in [0.5, 0.6) is 0 Å². The van der Waals surface area contributed by atoms with E-state index in [4.69, 9.17) is 4.74 Å². The van der Waals surface area contributed by atoms with Crippen LogP contribution in [0.15, 0.2) is 36.7 Å². The van der Waals surface area contributed by atoms with E-state index in [2.05, 4.69) is 25.7 Å². The number of aromatic nitrogens is 4. The molecule has 0 radical (unpaired) electrons. The number of benzene rings is 1. The van der Waals surface area contributed by atoms with Crippen molar-refractivity contribution in [3.05, 3.63) is 42.2 Å². The Morgan fingerprint density at radius 1 is 1.30 bits per heavy atom. The van der Waals surface area contributed by atoms with E-state index >= 15 is 0 Å². The molecule has 7 nitrogen and oxygen atoms in total. The van der Waals surface area contributed by atoms with Gasteiger partial charge in [0.2, 0.25) is 5.95 Å². The zero-order chi connectivity index (χ0) is 16.1. The molecule has 2 heterocycles. The molecule has 2 N–H and O–H groups in total. The van der Waals surface area contributed by atoms with Crippen LogP contribution in [0.25, 0.3) is 5.65 Å². The fourth-order valence-electron chi connectivity index (χ4n) is 2.27. The van der Waals surface area contributed by atoms with Crippen molar-refractivity contribution >= 4 is 23.1 Å². The minimum absolute atomic E-state index is 0.545. The highest BCUT2D eigenvalue weighted by molar-refractivity contribution is 5.65. The van der Waals surface area contributed by atoms with E-state index in [0.29, 0.717) is 24.0 Å². The summed E-state index contributed by atoms with van der Waals surface area (Å²) in [5.41, 5.74) is 2.84. The molecule has 23 heavy (non-hydrogen) atoms. The van der Waals surface area contributed by atoms with Crippen molar-refractivity contribution in [1.82, 2.24) is 19.6 Å². The predicted molar refractivity (Wildman–Crippen MR) is 90.2 cm³/mol. The van der Waals surface area contributed by atoms with E-state index in [1.54, 1.807) is 24.0 Å². The molecule has 0 bridgehead atoms. The molecule has 0 saturated carbocycles. The Labute approximate surface area is 134 Å². The number of nitrogens with one attached hydrogen (secondary N) is 2. The van der Waals surface area contributed by atoms with Gasteiger partial charge in [-0.3, -0.25) is 0 Å². The quantitative estimate of drug-likeness (QED) is 0.653. The van der Waals surface area contributed by atoms with E-state index in [1.165, 1.54) is 5.56 Å². The van der Waals surface area contributed by atoms with E-state index in [9.17, 15) is 0 Å². The fraction of sp³-hybridized carbons (Fsp3) is 0.312. The average molecular weight is 312 g/mol. The molecule has 120 valence electrons. The van der Waals surface area contributed by atoms with Crippen molar-refractivity contribution in [1.29, 1.82) is 0 Å². The number of hydrogen-bond donors (Lipinski definition) is 2. The smallest absolute Gasteiger partial charge is 0.247 e. The van der Waals surface area contributed by atoms with Crippen LogP contribution >= 0.6 is 0 Å². The van der Waals surface area contributed by atoms with Crippen LogP contribution in [0.4, 0.5) is 17.5 Å². The monoisotopic (exact) mass is 312 g/mol. The normalized spacial score (nSPS) is 10.9. The van der Waals surface area contributed by atoms with Gasteiger partial charge in [-0.1, -0.05) is 12.1 Å². The first-order chi connectivity index (χ1) is 11.3. The second-order valence-corrected chi connectivity index (χ2v) is 5.25. The number of anilines is 3. The van der Waals surface area contributed by atoms with E-state index in [0.717, 1.165) is 18.7 Å². The summed E-state index contributed by atoms with van der Waals surface area (Å²) in [4.78, 5) is 8.86. The van der Waals surface area contributed by atoms with Gasteiger partial charge in [0.1, 0.15) is 0 Å². The van der Waals surface area contributed by atoms with Crippen LogP contribution in [0.2, 0.25) is 0 Å². The van der Waals surface area contributed by atoms with Crippen LogP contribution in [-0.2, 0) is 4.74 Å². The number of rotatable bonds is 7. The summed E-state index contributed by atoms with van der Waals surface area (Å²) in [7, 11) is 1.70. The summed E-state index contributed by atoms with van der Waals surface area (Å²) >= 11 is 0. The van der Waals surface area contributed by atoms with Gasteiger partial charge in [0.15, 0.2) is 11.5 Å². The standard InChI is InChI=1S/C16H20N6O/c1-12-5-3-6-13(11-12)19-16-20-15-14(17-7-4-10-23-2)18-8-9-22(15)21-16/h3,5-6,8-9,11H,4,7,10H2,1-2H3,(H,17,18)(H,19,21). The summed E-state index contributed by atoms with van der Waals surface area (Å²) in [6, 6.07) is 8.08. The maximum Gasteiger partial charge on any atom is 0.247 e. The van der Waals surface area contributed by atoms with Gasteiger partial charge in [0.25, 0.3) is 0 Å². The largest absolute Gasteiger partial charge is 0.385 e. The molecule has 0 atom stereocenters. The minimum atomic E-state index is 0.545. The topological polar surface area (TPSA) is 76.4 Å². The molecule has 0 amide bonds. The number of hydrogen-bond acceptors (Lipinski definition) is 6. The highest BCUT2D eigenvalue weighted by Crippen LogP contribution is 2.18. The van der Waals surface area contributed by atoms with Crippen molar-refractivity contribution in [3.8, 4) is 0 Å². The average Bonchev–Trinajstić information content (AvgIpc) is 2.94. The first-order valence-corrected chi connectivity index (χ1v) is 7.54. The number of ether oxygens (including phenoxy) is 1. The summed E-state index contributed by atoms with van der Waals surface area (Å²) < 4.78 is 6.76. The highest BCUT2D eigenvalue weighted by atomic mass is 16.5. The second kappa shape index (κ2) is 7.06. The molecule has 0 aliphatic rings. The van der Waals surface area contributed by atoms with E-state index < -0.39 is 0 Å². The molecular weight excluding hydrogens is 292 g/mol. The van der Waals surface area contributed by atoms with Gasteiger partial charge in [0.05, 0.1) is 0 Å². The molecule has 3 aromatic rings. The highest BCUT2D eigenvalue weighted by Gasteiger charge is 2.09. The van der Waals surface area contributed by atoms with Gasteiger partial charge in [-0.15, -0.1) is 5.10 Å². The van der Waals surface area contributed by atoms with Crippen molar-refractivity contribution < 1.29 is 4.74 Å². The fourth-order valence-corrected chi connectivity index (χ4v) is 2.27. The number of fused-ring (bicyclic) bond motifs is 1. The summed E-state index contributed by atoms with van der Waals surface area (Å²) in [5, 5.41) is 10.9. The van der Waals surface area contributed by atoms with E-state index in [-0.39, 0.29) is 0 Å². The lowest BCUT2D eigenvalue weighted by molar-refractivity contribution is 0.198. The summed E-state index contributed by atoms with van der Waals surface area (Å²) in [6.07, 6.45) is 4.39. The summed E-state index contributed by atoms with van der Waals surface area (Å²) in [5.74, 6) is 1.26. The SMILES string of the molecule is COCCCNc1nccn2nc(Nc3cccc(C)c3)nc12. The number of methoxy groups -OCH3 is 1. The Hall–Kier alpha value is -2.67. The van der Waals surface area contributed by atoms with Crippen LogP contribution in [0, 0.1) is 6.92 Å². The molecule has 2 aromatic heterocycles. The molecule has 0 aliphatic heterocycles. The lowest BCUT2D eigenvalue weighted by Gasteiger charge is -2.04. The third-order valence-corrected chi connectivity index (χ3v) is 3.35. The molecule has 0 aliphatic carbocycles. The Morgan fingerprint density at radius 3 is 3.04 bits per heavy atom. The minimum Gasteiger partial charge on any atom is -0.385 e. The first-order valence-electron chi connectivity index (χ1n) is 7.54. The van der Waals surface area contributed by atoms with Crippen LogP contribution in [0.3, 0.4) is 0 Å². The zero-order valence-corrected chi connectivity index (χ0v) is 13.3. The molecule has 0 unspecified atom stereocenters. The molecule has 0 saturated heterocycles. The van der Waals surface area contributed by atoms with Crippen molar-refractivity contribution in [2.45, 2.75) is 13.3 Å². The molecule has 0 fully saturated rings. The predicted octanol–water partition coefficient (Wildman–Crippen LogP) is 2.62. The molecule has 3 rings (SSSR count). The van der Waals surface area contributed by atoms with Crippen molar-refractivity contribution in [2.75, 3.05) is 30.9 Å². The Morgan fingerprint density at radius 2 is 2.22 bits per heavy atom. The third kappa shape index (κ3) is 3.75. The molecule has 1 aromatic carbocycles. The van der Waals surface area contributed by atoms with Gasteiger partial charge in [0, 0.05) is 38.3 Å². The van der Waals surface area contributed by atoms with Gasteiger partial charge in [-0.05, 0) is 31.0 Å². The van der Waals surface area contributed by atoms with E-state index in [1.807, 2.05) is 31.2 Å². The maximum absolute atomic E-state index is 5.04. The Kier molecular flexibility index (Phi) is 4.68. The number of aryl methyl sites for hydroxylation is 1. The lowest BCUT2D eigenvalue weighted by atomic mass is 10.2. The van der Waals surface area contributed by atoms with Gasteiger partial charge in [-0.2, -0.15) is 4.98 Å². The molecular formula is C16H20N6O. The second-order valence-electron chi connectivity index (χ2n) is 5.25. The van der Waals surface area contributed by atoms with Crippen LogP contribution in [0.1, 0.15) is 12.0 Å². The molecule has 0 spiro atoms. The van der Waals surface area contributed by atoms with Crippen LogP contribution < -0.4 is 10.6 Å². The van der Waals surface area contributed by atoms with Gasteiger partial charge in [-0.25, -0.2) is 9.50 Å². The van der Waals surface area contributed by atoms with Gasteiger partial charge >= 0.3 is 0 Å². The Bertz CT molecular complexity index is 785. The summed E-state index contributed by atoms with van der Waals surface area (Å²) in [6.45, 7) is 3.53. The third-order valence-electron chi connectivity index (χ3n) is 3.35. The molecule has 7 heteroatoms. The van der Waals surface area contributed by atoms with Crippen LogP contribution in [-0.4, -0.2) is 39.8 Å². The van der Waals surface area contributed by atoms with Gasteiger partial charge < -0.3 is 15.4 Å². The van der Waals surface area contributed by atoms with Crippen molar-refractivity contribution in [3.63, 3.8) is 0 Å². The Balaban J connectivity index is 1.78. The lowest BCUT2D eigenvalue weighted by Crippen LogP contribution is -2.07. The number of nitrogens with zero attached hydrogens (tertiary/aromatic N) is 4. The first kappa shape index (κ1) is 15.2. The van der Waals surface area contributed by atoms with Crippen molar-refractivity contribution in [2.24, 2.45) is 0 Å². The zero-order valence-electron chi connectivity index (χ0n) is 13.3. The maximum atomic E-state index is 5.04.